The fourth-order valence-corrected chi connectivity index (χ4v) is 3.28. The molecule has 0 fully saturated rings. The van der Waals surface area contributed by atoms with Crippen LogP contribution in [-0.4, -0.2) is 27.8 Å². The summed E-state index contributed by atoms with van der Waals surface area (Å²) in [5.41, 5.74) is 4.35. The van der Waals surface area contributed by atoms with Gasteiger partial charge in [0.2, 0.25) is 0 Å². The molecule has 3 aromatic rings. The molecule has 0 saturated heterocycles. The average molecular weight is 369 g/mol. The van der Waals surface area contributed by atoms with Crippen LogP contribution in [0.3, 0.4) is 0 Å². The number of carbonyl (C=O) groups is 1. The second kappa shape index (κ2) is 6.46. The summed E-state index contributed by atoms with van der Waals surface area (Å²) >= 11 is 6.00. The van der Waals surface area contributed by atoms with Crippen molar-refractivity contribution in [1.29, 1.82) is 0 Å². The van der Waals surface area contributed by atoms with E-state index in [4.69, 9.17) is 16.3 Å². The van der Waals surface area contributed by atoms with Crippen LogP contribution in [0.4, 0.5) is 5.69 Å². The van der Waals surface area contributed by atoms with Gasteiger partial charge in [-0.3, -0.25) is 9.48 Å². The SMILES string of the molecule is CCn1cc(N2Cc3cc(-c4cnc(Cl)c(OC)c4)ccc3C2=O)cn1. The average Bonchev–Trinajstić information content (AvgIpc) is 3.26. The molecule has 1 aliphatic rings. The molecular formula is C19H17ClN4O2. The lowest BCUT2D eigenvalue weighted by atomic mass is 10.0. The number of nitrogens with zero attached hydrogens (tertiary/aromatic N) is 4. The molecule has 7 heteroatoms. The van der Waals surface area contributed by atoms with Crippen molar-refractivity contribution in [3.8, 4) is 16.9 Å². The normalized spacial score (nSPS) is 13.2. The van der Waals surface area contributed by atoms with Crippen molar-refractivity contribution in [3.05, 3.63) is 59.1 Å². The Labute approximate surface area is 156 Å². The lowest BCUT2D eigenvalue weighted by Gasteiger charge is -2.12. The van der Waals surface area contributed by atoms with Gasteiger partial charge in [0.05, 0.1) is 25.5 Å². The highest BCUT2D eigenvalue weighted by Gasteiger charge is 2.29. The summed E-state index contributed by atoms with van der Waals surface area (Å²) in [7, 11) is 1.56. The summed E-state index contributed by atoms with van der Waals surface area (Å²) in [5.74, 6) is 0.517. The molecule has 0 spiro atoms. The number of pyridine rings is 1. The summed E-state index contributed by atoms with van der Waals surface area (Å²) < 4.78 is 7.05. The molecule has 1 aromatic carbocycles. The first kappa shape index (κ1) is 16.6. The van der Waals surface area contributed by atoms with Gasteiger partial charge in [-0.25, -0.2) is 4.98 Å². The first-order valence-electron chi connectivity index (χ1n) is 8.28. The van der Waals surface area contributed by atoms with Crippen molar-refractivity contribution in [1.82, 2.24) is 14.8 Å². The fraction of sp³-hybridized carbons (Fsp3) is 0.211. The van der Waals surface area contributed by atoms with Gasteiger partial charge in [0, 0.05) is 30.1 Å². The van der Waals surface area contributed by atoms with E-state index in [9.17, 15) is 4.79 Å². The van der Waals surface area contributed by atoms with E-state index < -0.39 is 0 Å². The van der Waals surface area contributed by atoms with E-state index in [2.05, 4.69) is 10.1 Å². The third kappa shape index (κ3) is 2.72. The second-order valence-electron chi connectivity index (χ2n) is 6.03. The molecule has 6 nitrogen and oxygen atoms in total. The molecule has 0 atom stereocenters. The number of hydrogen-bond acceptors (Lipinski definition) is 4. The number of carbonyl (C=O) groups excluding carboxylic acids is 1. The summed E-state index contributed by atoms with van der Waals surface area (Å²) in [6.45, 7) is 3.30. The molecule has 0 saturated carbocycles. The van der Waals surface area contributed by atoms with Crippen LogP contribution in [-0.2, 0) is 13.1 Å². The zero-order valence-electron chi connectivity index (χ0n) is 14.4. The number of rotatable bonds is 4. The Hall–Kier alpha value is -2.86. The second-order valence-corrected chi connectivity index (χ2v) is 6.39. The van der Waals surface area contributed by atoms with Gasteiger partial charge in [-0.15, -0.1) is 0 Å². The Morgan fingerprint density at radius 2 is 2.08 bits per heavy atom. The van der Waals surface area contributed by atoms with E-state index in [1.54, 1.807) is 24.4 Å². The van der Waals surface area contributed by atoms with Crippen LogP contribution in [0, 0.1) is 0 Å². The van der Waals surface area contributed by atoms with Crippen molar-refractivity contribution in [2.24, 2.45) is 0 Å². The molecule has 0 aliphatic carbocycles. The number of anilines is 1. The van der Waals surface area contributed by atoms with E-state index in [0.717, 1.165) is 28.9 Å². The number of aromatic nitrogens is 3. The van der Waals surface area contributed by atoms with Crippen LogP contribution < -0.4 is 9.64 Å². The van der Waals surface area contributed by atoms with Crippen LogP contribution >= 0.6 is 11.6 Å². The van der Waals surface area contributed by atoms with Crippen LogP contribution in [0.1, 0.15) is 22.8 Å². The molecule has 132 valence electrons. The molecule has 0 N–H and O–H groups in total. The Bertz CT molecular complexity index is 999. The molecule has 1 amide bonds. The maximum atomic E-state index is 12.7. The van der Waals surface area contributed by atoms with Crippen LogP contribution in [0.25, 0.3) is 11.1 Å². The number of amides is 1. The summed E-state index contributed by atoms with van der Waals surface area (Å²) in [4.78, 5) is 18.6. The fourth-order valence-electron chi connectivity index (χ4n) is 3.10. The van der Waals surface area contributed by atoms with Gasteiger partial charge >= 0.3 is 0 Å². The number of fused-ring (bicyclic) bond motifs is 1. The molecule has 0 unspecified atom stereocenters. The van der Waals surface area contributed by atoms with Gasteiger partial charge in [0.25, 0.3) is 5.91 Å². The molecule has 2 aromatic heterocycles. The molecule has 4 rings (SSSR count). The third-order valence-corrected chi connectivity index (χ3v) is 4.81. The largest absolute Gasteiger partial charge is 0.494 e. The topological polar surface area (TPSA) is 60.2 Å². The minimum atomic E-state index is -0.00554. The molecule has 26 heavy (non-hydrogen) atoms. The molecule has 3 heterocycles. The number of benzene rings is 1. The lowest BCUT2D eigenvalue weighted by molar-refractivity contribution is 0.0996. The van der Waals surface area contributed by atoms with E-state index in [-0.39, 0.29) is 5.91 Å². The predicted molar refractivity (Wildman–Crippen MR) is 99.6 cm³/mol. The summed E-state index contributed by atoms with van der Waals surface area (Å²) in [6, 6.07) is 7.64. The standard InChI is InChI=1S/C19H17ClN4O2/c1-3-23-11-15(9-22-23)24-10-14-6-12(4-5-16(14)19(24)25)13-7-17(26-2)18(20)21-8-13/h4-9,11H,3,10H2,1-2H3. The minimum Gasteiger partial charge on any atom is -0.494 e. The monoisotopic (exact) mass is 368 g/mol. The van der Waals surface area contributed by atoms with Crippen molar-refractivity contribution >= 4 is 23.2 Å². The first-order valence-corrected chi connectivity index (χ1v) is 8.65. The van der Waals surface area contributed by atoms with Gasteiger partial charge in [0.15, 0.2) is 10.9 Å². The molecular weight excluding hydrogens is 352 g/mol. The highest BCUT2D eigenvalue weighted by Crippen LogP contribution is 2.33. The Kier molecular flexibility index (Phi) is 4.12. The highest BCUT2D eigenvalue weighted by molar-refractivity contribution is 6.30. The zero-order chi connectivity index (χ0) is 18.3. The predicted octanol–water partition coefficient (Wildman–Crippen LogP) is 3.79. The van der Waals surface area contributed by atoms with Crippen molar-refractivity contribution in [2.45, 2.75) is 20.0 Å². The smallest absolute Gasteiger partial charge is 0.259 e. The Balaban J connectivity index is 1.67. The number of ether oxygens (including phenoxy) is 1. The number of methoxy groups -OCH3 is 1. The maximum Gasteiger partial charge on any atom is 0.259 e. The van der Waals surface area contributed by atoms with Gasteiger partial charge in [-0.2, -0.15) is 5.10 Å². The number of halogens is 1. The van der Waals surface area contributed by atoms with E-state index >= 15 is 0 Å². The van der Waals surface area contributed by atoms with Gasteiger partial charge < -0.3 is 9.64 Å². The molecule has 0 radical (unpaired) electrons. The first-order chi connectivity index (χ1) is 12.6. The quantitative estimate of drug-likeness (QED) is 0.657. The van der Waals surface area contributed by atoms with E-state index in [1.807, 2.05) is 42.1 Å². The molecule has 1 aliphatic heterocycles. The molecule has 0 bridgehead atoms. The van der Waals surface area contributed by atoms with Crippen LogP contribution in [0.2, 0.25) is 5.15 Å². The van der Waals surface area contributed by atoms with E-state index in [1.165, 1.54) is 0 Å². The van der Waals surface area contributed by atoms with Crippen LogP contribution in [0.15, 0.2) is 42.9 Å². The minimum absolute atomic E-state index is 0.00554. The zero-order valence-corrected chi connectivity index (χ0v) is 15.2. The van der Waals surface area contributed by atoms with Crippen LogP contribution in [0.5, 0.6) is 5.75 Å². The maximum absolute atomic E-state index is 12.7. The number of aryl methyl sites for hydroxylation is 1. The van der Waals surface area contributed by atoms with Crippen molar-refractivity contribution in [2.75, 3.05) is 12.0 Å². The third-order valence-electron chi connectivity index (χ3n) is 4.52. The highest BCUT2D eigenvalue weighted by atomic mass is 35.5. The summed E-state index contributed by atoms with van der Waals surface area (Å²) in [5, 5.41) is 4.58. The van der Waals surface area contributed by atoms with E-state index in [0.29, 0.717) is 23.0 Å². The lowest BCUT2D eigenvalue weighted by Crippen LogP contribution is -2.22. The van der Waals surface area contributed by atoms with Crippen molar-refractivity contribution in [3.63, 3.8) is 0 Å². The Morgan fingerprint density at radius 3 is 2.81 bits per heavy atom. The Morgan fingerprint density at radius 1 is 1.23 bits per heavy atom. The van der Waals surface area contributed by atoms with Gasteiger partial charge in [0.1, 0.15) is 0 Å². The van der Waals surface area contributed by atoms with Gasteiger partial charge in [-0.05, 0) is 36.2 Å². The number of hydrogen-bond donors (Lipinski definition) is 0. The van der Waals surface area contributed by atoms with Gasteiger partial charge in [-0.1, -0.05) is 17.7 Å². The summed E-state index contributed by atoms with van der Waals surface area (Å²) in [6.07, 6.45) is 5.31. The van der Waals surface area contributed by atoms with Crippen molar-refractivity contribution < 1.29 is 9.53 Å².